The first kappa shape index (κ1) is 22.6. The zero-order valence-corrected chi connectivity index (χ0v) is 19.0. The van der Waals surface area contributed by atoms with Gasteiger partial charge in [0.1, 0.15) is 11.6 Å². The van der Waals surface area contributed by atoms with E-state index in [1.807, 2.05) is 66.7 Å². The third-order valence-corrected chi connectivity index (χ3v) is 5.63. The molecule has 0 aliphatic carbocycles. The molecule has 0 unspecified atom stereocenters. The van der Waals surface area contributed by atoms with Crippen LogP contribution in [0.15, 0.2) is 84.9 Å². The van der Waals surface area contributed by atoms with Crippen LogP contribution in [0, 0.1) is 0 Å². The maximum absolute atomic E-state index is 12.2. The molecule has 5 nitrogen and oxygen atoms in total. The van der Waals surface area contributed by atoms with E-state index in [0.29, 0.717) is 19.6 Å². The monoisotopic (exact) mass is 441 g/mol. The van der Waals surface area contributed by atoms with Crippen LogP contribution >= 0.6 is 0 Å². The zero-order chi connectivity index (χ0) is 22.7. The van der Waals surface area contributed by atoms with Crippen molar-refractivity contribution in [2.75, 3.05) is 13.2 Å². The average molecular weight is 442 g/mol. The van der Waals surface area contributed by atoms with Crippen molar-refractivity contribution in [2.24, 2.45) is 0 Å². The molecule has 33 heavy (non-hydrogen) atoms. The quantitative estimate of drug-likeness (QED) is 0.308. The molecule has 4 aromatic rings. The molecular formula is C28H31N3O2. The average Bonchev–Trinajstić information content (AvgIpc) is 3.20. The first-order chi connectivity index (χ1) is 16.3. The number of hydrogen-bond donors (Lipinski definition) is 1. The van der Waals surface area contributed by atoms with Crippen molar-refractivity contribution >= 4 is 16.9 Å². The van der Waals surface area contributed by atoms with Crippen molar-refractivity contribution in [1.29, 1.82) is 0 Å². The van der Waals surface area contributed by atoms with Crippen LogP contribution in [-0.4, -0.2) is 28.6 Å². The lowest BCUT2D eigenvalue weighted by Gasteiger charge is -2.11. The number of imidazole rings is 1. The van der Waals surface area contributed by atoms with Crippen LogP contribution in [0.1, 0.15) is 30.7 Å². The van der Waals surface area contributed by atoms with Gasteiger partial charge in [-0.2, -0.15) is 0 Å². The first-order valence-electron chi connectivity index (χ1n) is 11.7. The summed E-state index contributed by atoms with van der Waals surface area (Å²) in [5.74, 6) is 2.06. The molecule has 1 N–H and O–H groups in total. The lowest BCUT2D eigenvalue weighted by atomic mass is 10.1. The molecule has 0 saturated heterocycles. The van der Waals surface area contributed by atoms with Crippen molar-refractivity contribution in [3.05, 3.63) is 96.3 Å². The van der Waals surface area contributed by atoms with E-state index in [2.05, 4.69) is 28.1 Å². The number of unbranched alkanes of at least 4 members (excludes halogenated alkanes) is 1. The molecule has 0 radical (unpaired) electrons. The minimum Gasteiger partial charge on any atom is -0.494 e. The van der Waals surface area contributed by atoms with Crippen LogP contribution in [0.2, 0.25) is 0 Å². The number of carbonyl (C=O) groups excluding carboxylic acids is 1. The summed E-state index contributed by atoms with van der Waals surface area (Å²) in [5, 5.41) is 3.04. The van der Waals surface area contributed by atoms with Crippen molar-refractivity contribution in [3.8, 4) is 5.75 Å². The number of carbonyl (C=O) groups is 1. The molecule has 0 saturated carbocycles. The Morgan fingerprint density at radius 1 is 0.848 bits per heavy atom. The summed E-state index contributed by atoms with van der Waals surface area (Å²) in [5.41, 5.74) is 3.23. The molecule has 0 fully saturated rings. The summed E-state index contributed by atoms with van der Waals surface area (Å²) >= 11 is 0. The maximum Gasteiger partial charge on any atom is 0.224 e. The van der Waals surface area contributed by atoms with E-state index in [-0.39, 0.29) is 5.91 Å². The van der Waals surface area contributed by atoms with Gasteiger partial charge in [0, 0.05) is 19.5 Å². The molecule has 4 rings (SSSR count). The van der Waals surface area contributed by atoms with Crippen LogP contribution < -0.4 is 10.1 Å². The number of aryl methyl sites for hydroxylation is 2. The van der Waals surface area contributed by atoms with Crippen molar-refractivity contribution in [1.82, 2.24) is 14.9 Å². The number of hydrogen-bond acceptors (Lipinski definition) is 3. The highest BCUT2D eigenvalue weighted by Crippen LogP contribution is 2.18. The molecule has 170 valence electrons. The number of ether oxygens (including phenoxy) is 1. The minimum atomic E-state index is 0.0631. The van der Waals surface area contributed by atoms with E-state index >= 15 is 0 Å². The van der Waals surface area contributed by atoms with Gasteiger partial charge in [-0.1, -0.05) is 60.7 Å². The van der Waals surface area contributed by atoms with Gasteiger partial charge in [-0.05, 0) is 49.1 Å². The Balaban J connectivity index is 1.26. The van der Waals surface area contributed by atoms with E-state index in [1.165, 1.54) is 5.52 Å². The topological polar surface area (TPSA) is 56.2 Å². The molecule has 0 aliphatic rings. The van der Waals surface area contributed by atoms with Crippen LogP contribution in [-0.2, 0) is 24.2 Å². The second kappa shape index (κ2) is 11.9. The number of nitrogens with one attached hydrogen (secondary N) is 1. The summed E-state index contributed by atoms with van der Waals surface area (Å²) in [6.07, 6.45) is 4.12. The molecule has 1 aromatic heterocycles. The number of fused-ring (bicyclic) bond motifs is 1. The van der Waals surface area contributed by atoms with Gasteiger partial charge in [-0.3, -0.25) is 4.79 Å². The minimum absolute atomic E-state index is 0.0631. The third-order valence-electron chi connectivity index (χ3n) is 5.63. The maximum atomic E-state index is 12.2. The smallest absolute Gasteiger partial charge is 0.224 e. The number of amides is 1. The van der Waals surface area contributed by atoms with Gasteiger partial charge in [0.2, 0.25) is 5.91 Å². The summed E-state index contributed by atoms with van der Waals surface area (Å²) in [7, 11) is 0. The molecule has 0 bridgehead atoms. The molecule has 1 heterocycles. The number of benzene rings is 3. The van der Waals surface area contributed by atoms with Gasteiger partial charge in [-0.15, -0.1) is 0 Å². The fourth-order valence-electron chi connectivity index (χ4n) is 3.96. The van der Waals surface area contributed by atoms with Crippen molar-refractivity contribution in [3.63, 3.8) is 0 Å². The highest BCUT2D eigenvalue weighted by atomic mass is 16.5. The Morgan fingerprint density at radius 2 is 1.58 bits per heavy atom. The Morgan fingerprint density at radius 3 is 2.39 bits per heavy atom. The fourth-order valence-corrected chi connectivity index (χ4v) is 3.96. The van der Waals surface area contributed by atoms with Gasteiger partial charge in [0.05, 0.1) is 24.1 Å². The van der Waals surface area contributed by atoms with Gasteiger partial charge < -0.3 is 14.6 Å². The standard InChI is InChI=1S/C28H31N3O2/c32-28(22-23-12-3-1-4-13-23)29-19-11-18-27-30-25-16-7-8-17-26(25)31(27)20-9-10-21-33-24-14-5-2-6-15-24/h1-8,12-17H,9-11,18-22H2,(H,29,32). The Kier molecular flexibility index (Phi) is 8.12. The van der Waals surface area contributed by atoms with Crippen LogP contribution in [0.25, 0.3) is 11.0 Å². The largest absolute Gasteiger partial charge is 0.494 e. The van der Waals surface area contributed by atoms with E-state index in [4.69, 9.17) is 9.72 Å². The van der Waals surface area contributed by atoms with E-state index in [1.54, 1.807) is 0 Å². The van der Waals surface area contributed by atoms with Gasteiger partial charge in [-0.25, -0.2) is 4.98 Å². The van der Waals surface area contributed by atoms with E-state index in [0.717, 1.165) is 54.9 Å². The Bertz CT molecular complexity index is 1140. The first-order valence-corrected chi connectivity index (χ1v) is 11.7. The van der Waals surface area contributed by atoms with Gasteiger partial charge in [0.15, 0.2) is 0 Å². The molecule has 0 atom stereocenters. The van der Waals surface area contributed by atoms with Gasteiger partial charge in [0.25, 0.3) is 0 Å². The zero-order valence-electron chi connectivity index (χ0n) is 19.0. The van der Waals surface area contributed by atoms with Gasteiger partial charge >= 0.3 is 0 Å². The van der Waals surface area contributed by atoms with Crippen LogP contribution in [0.4, 0.5) is 0 Å². The highest BCUT2D eigenvalue weighted by molar-refractivity contribution is 5.78. The summed E-state index contributed by atoms with van der Waals surface area (Å²) < 4.78 is 8.15. The number of para-hydroxylation sites is 3. The third kappa shape index (κ3) is 6.69. The second-order valence-electron chi connectivity index (χ2n) is 8.15. The van der Waals surface area contributed by atoms with Crippen LogP contribution in [0.3, 0.4) is 0 Å². The van der Waals surface area contributed by atoms with Crippen LogP contribution in [0.5, 0.6) is 5.75 Å². The summed E-state index contributed by atoms with van der Waals surface area (Å²) in [6, 6.07) is 28.1. The fraction of sp³-hybridized carbons (Fsp3) is 0.286. The Hall–Kier alpha value is -3.60. The summed E-state index contributed by atoms with van der Waals surface area (Å²) in [4.78, 5) is 17.1. The predicted octanol–water partition coefficient (Wildman–Crippen LogP) is 5.19. The molecule has 3 aromatic carbocycles. The second-order valence-corrected chi connectivity index (χ2v) is 8.15. The predicted molar refractivity (Wildman–Crippen MR) is 132 cm³/mol. The number of rotatable bonds is 12. The normalized spacial score (nSPS) is 10.9. The Labute approximate surface area is 195 Å². The number of aromatic nitrogens is 2. The highest BCUT2D eigenvalue weighted by Gasteiger charge is 2.10. The molecule has 0 spiro atoms. The number of nitrogens with zero attached hydrogens (tertiary/aromatic N) is 2. The van der Waals surface area contributed by atoms with Crippen molar-refractivity contribution < 1.29 is 9.53 Å². The molecular weight excluding hydrogens is 410 g/mol. The molecule has 1 amide bonds. The van der Waals surface area contributed by atoms with E-state index in [9.17, 15) is 4.79 Å². The van der Waals surface area contributed by atoms with Crippen molar-refractivity contribution in [2.45, 2.75) is 38.6 Å². The SMILES string of the molecule is O=C(Cc1ccccc1)NCCCc1nc2ccccc2n1CCCCOc1ccccc1. The summed E-state index contributed by atoms with van der Waals surface area (Å²) in [6.45, 7) is 2.27. The van der Waals surface area contributed by atoms with E-state index < -0.39 is 0 Å². The molecule has 5 heteroatoms. The lowest BCUT2D eigenvalue weighted by molar-refractivity contribution is -0.120. The molecule has 0 aliphatic heterocycles. The lowest BCUT2D eigenvalue weighted by Crippen LogP contribution is -2.26.